The minimum Gasteiger partial charge on any atom is -0.513 e. The minimum absolute atomic E-state index is 0.326. The molecule has 1 aliphatic rings. The smallest absolute Gasteiger partial charge is 0.499 e. The summed E-state index contributed by atoms with van der Waals surface area (Å²) in [6, 6.07) is 20.0. The van der Waals surface area contributed by atoms with Crippen LogP contribution in [0.1, 0.15) is 34.1 Å². The van der Waals surface area contributed by atoms with E-state index in [1.54, 1.807) is 0 Å². The highest BCUT2D eigenvalue weighted by Gasteiger charge is 2.83. The zero-order valence-corrected chi connectivity index (χ0v) is 22.5. The van der Waals surface area contributed by atoms with Gasteiger partial charge in [0.1, 0.15) is 0 Å². The van der Waals surface area contributed by atoms with E-state index in [4.69, 9.17) is 17.7 Å². The topological polar surface area (TPSA) is 88.1 Å². The normalized spacial score (nSPS) is 21.0. The van der Waals surface area contributed by atoms with Crippen molar-refractivity contribution in [1.29, 1.82) is 0 Å². The first-order chi connectivity index (χ1) is 15.7. The second-order valence-electron chi connectivity index (χ2n) is 8.15. The van der Waals surface area contributed by atoms with Crippen molar-refractivity contribution in [3.63, 3.8) is 0 Å². The third kappa shape index (κ3) is 4.47. The highest BCUT2D eigenvalue weighted by molar-refractivity contribution is 7.69. The molecular weight excluding hydrogens is 473 g/mol. The Labute approximate surface area is 197 Å². The third-order valence-electron chi connectivity index (χ3n) is 5.82. The fourth-order valence-electron chi connectivity index (χ4n) is 4.90. The Bertz CT molecular complexity index is 940. The molecule has 3 rings (SSSR count). The maximum atomic E-state index is 12.7. The van der Waals surface area contributed by atoms with E-state index in [1.165, 1.54) is 20.8 Å². The molecule has 0 N–H and O–H groups in total. The van der Waals surface area contributed by atoms with E-state index >= 15 is 0 Å². The number of carbonyl (C=O) groups is 3. The van der Waals surface area contributed by atoms with E-state index in [-0.39, 0.29) is 0 Å². The average molecular weight is 503 g/mol. The van der Waals surface area contributed by atoms with E-state index in [1.807, 2.05) is 67.6 Å². The first-order valence-electron chi connectivity index (χ1n) is 11.1. The van der Waals surface area contributed by atoms with Gasteiger partial charge in [-0.05, 0) is 16.4 Å². The molecule has 1 aliphatic heterocycles. The molecule has 0 bridgehead atoms. The lowest BCUT2D eigenvalue weighted by atomic mass is 10.4. The summed E-state index contributed by atoms with van der Waals surface area (Å²) in [7, 11) is -10.9. The van der Waals surface area contributed by atoms with Crippen LogP contribution in [0.5, 0.6) is 0 Å². The van der Waals surface area contributed by atoms with Crippen LogP contribution in [0, 0.1) is 0 Å². The number of rotatable bonds is 7. The standard InChI is InChI=1S/C23H30O7Si3/c1-5-17-31(28-19(2)24)18-16-27-32(22-12-8-6-9-13-22,23-14-10-7-11-15-23)33(31,29-20(3)25)30-21(4)26/h6-15H,5,16-18H2,1-4H3. The molecule has 1 unspecified atom stereocenters. The molecule has 2 aromatic carbocycles. The van der Waals surface area contributed by atoms with Crippen molar-refractivity contribution in [1.82, 2.24) is 0 Å². The summed E-state index contributed by atoms with van der Waals surface area (Å²) >= 11 is 0. The summed E-state index contributed by atoms with van der Waals surface area (Å²) in [5, 5.41) is 1.65. The minimum atomic E-state index is -4.02. The van der Waals surface area contributed by atoms with Crippen molar-refractivity contribution in [3.05, 3.63) is 60.7 Å². The molecule has 0 aromatic heterocycles. The molecule has 2 aromatic rings. The van der Waals surface area contributed by atoms with Crippen LogP contribution in [-0.2, 0) is 32.1 Å². The Morgan fingerprint density at radius 2 is 1.24 bits per heavy atom. The van der Waals surface area contributed by atoms with E-state index < -0.39 is 41.2 Å². The van der Waals surface area contributed by atoms with Gasteiger partial charge in [-0.15, -0.1) is 0 Å². The molecular formula is C23H30O7Si3. The quantitative estimate of drug-likeness (QED) is 0.537. The summed E-state index contributed by atoms with van der Waals surface area (Å²) in [6.07, 6.45) is 0.685. The first-order valence-corrected chi connectivity index (χ1v) is 19.1. The maximum absolute atomic E-state index is 12.7. The van der Waals surface area contributed by atoms with Crippen molar-refractivity contribution in [3.8, 4) is 0 Å². The fraction of sp³-hybridized carbons (Fsp3) is 0.348. The lowest BCUT2D eigenvalue weighted by molar-refractivity contribution is -0.139. The summed E-state index contributed by atoms with van der Waals surface area (Å²) in [5.41, 5.74) is 0. The molecule has 0 amide bonds. The monoisotopic (exact) mass is 502 g/mol. The zero-order valence-electron chi connectivity index (χ0n) is 19.5. The van der Waals surface area contributed by atoms with Crippen LogP contribution in [0.3, 0.4) is 0 Å². The summed E-state index contributed by atoms with van der Waals surface area (Å²) in [6.45, 7) is 6.28. The number of hydrogen-bond donors (Lipinski definition) is 0. The van der Waals surface area contributed by atoms with Crippen LogP contribution >= 0.6 is 0 Å². The van der Waals surface area contributed by atoms with E-state index in [0.717, 1.165) is 10.4 Å². The van der Waals surface area contributed by atoms with Gasteiger partial charge in [0.15, 0.2) is 0 Å². The molecule has 1 atom stereocenters. The van der Waals surface area contributed by atoms with Gasteiger partial charge in [0.05, 0.1) is 0 Å². The molecule has 7 nitrogen and oxygen atoms in total. The van der Waals surface area contributed by atoms with E-state index in [0.29, 0.717) is 25.1 Å². The molecule has 1 saturated heterocycles. The predicted octanol–water partition coefficient (Wildman–Crippen LogP) is 2.42. The van der Waals surface area contributed by atoms with Gasteiger partial charge in [-0.25, -0.2) is 0 Å². The van der Waals surface area contributed by atoms with Crippen molar-refractivity contribution < 1.29 is 32.1 Å². The highest BCUT2D eigenvalue weighted by atomic mass is 29.7. The third-order valence-corrected chi connectivity index (χ3v) is 33.9. The van der Waals surface area contributed by atoms with Crippen LogP contribution in [0.15, 0.2) is 60.7 Å². The summed E-state index contributed by atoms with van der Waals surface area (Å²) in [5.74, 6) is -1.60. The van der Waals surface area contributed by atoms with Gasteiger partial charge in [-0.2, -0.15) is 0 Å². The van der Waals surface area contributed by atoms with Gasteiger partial charge in [0.25, 0.3) is 17.9 Å². The van der Waals surface area contributed by atoms with E-state index in [9.17, 15) is 14.4 Å². The molecule has 0 radical (unpaired) electrons. The average Bonchev–Trinajstić information content (AvgIpc) is 2.76. The Morgan fingerprint density at radius 3 is 1.64 bits per heavy atom. The first kappa shape index (κ1) is 25.1. The molecule has 0 spiro atoms. The lowest BCUT2D eigenvalue weighted by Crippen LogP contribution is -2.92. The predicted molar refractivity (Wildman–Crippen MR) is 131 cm³/mol. The van der Waals surface area contributed by atoms with Crippen LogP contribution in [0.2, 0.25) is 12.1 Å². The van der Waals surface area contributed by atoms with Crippen LogP contribution in [0.4, 0.5) is 0 Å². The summed E-state index contributed by atoms with van der Waals surface area (Å²) < 4.78 is 25.4. The second kappa shape index (κ2) is 10.2. The van der Waals surface area contributed by atoms with Crippen LogP contribution in [-0.4, -0.2) is 47.8 Å². The van der Waals surface area contributed by atoms with Gasteiger partial charge in [0, 0.05) is 33.4 Å². The molecule has 176 valence electrons. The van der Waals surface area contributed by atoms with Crippen molar-refractivity contribution in [2.75, 3.05) is 6.61 Å². The Balaban J connectivity index is 2.50. The Morgan fingerprint density at radius 1 is 0.788 bits per heavy atom. The molecule has 1 fully saturated rings. The van der Waals surface area contributed by atoms with Gasteiger partial charge in [-0.3, -0.25) is 14.4 Å². The Kier molecular flexibility index (Phi) is 7.73. The van der Waals surface area contributed by atoms with Crippen molar-refractivity contribution in [2.45, 2.75) is 46.2 Å². The number of carbonyl (C=O) groups excluding carboxylic acids is 3. The van der Waals surface area contributed by atoms with Crippen molar-refractivity contribution in [2.24, 2.45) is 0 Å². The van der Waals surface area contributed by atoms with Gasteiger partial charge < -0.3 is 17.7 Å². The fourth-order valence-corrected chi connectivity index (χ4v) is 39.0. The van der Waals surface area contributed by atoms with Gasteiger partial charge in [-0.1, -0.05) is 74.0 Å². The van der Waals surface area contributed by atoms with Crippen LogP contribution in [0.25, 0.3) is 0 Å². The summed E-state index contributed by atoms with van der Waals surface area (Å²) in [4.78, 5) is 37.9. The highest BCUT2D eigenvalue weighted by Crippen LogP contribution is 2.42. The van der Waals surface area contributed by atoms with Gasteiger partial charge in [0.2, 0.25) is 0 Å². The second-order valence-corrected chi connectivity index (χ2v) is 26.1. The molecule has 10 heteroatoms. The van der Waals surface area contributed by atoms with Crippen LogP contribution < -0.4 is 10.4 Å². The van der Waals surface area contributed by atoms with Gasteiger partial charge >= 0.3 is 23.3 Å². The largest absolute Gasteiger partial charge is 0.513 e. The number of hydrogen-bond acceptors (Lipinski definition) is 7. The molecule has 33 heavy (non-hydrogen) atoms. The maximum Gasteiger partial charge on any atom is 0.499 e. The number of benzene rings is 2. The zero-order chi connectivity index (χ0) is 24.1. The molecule has 0 saturated carbocycles. The van der Waals surface area contributed by atoms with E-state index in [2.05, 4.69) is 0 Å². The lowest BCUT2D eigenvalue weighted by Gasteiger charge is -2.53. The SMILES string of the molecule is CCC[Si]1(OC(C)=O)CCO[Si](c2ccccc2)(c2ccccc2)[Si]1(OC(C)=O)OC(C)=O. The van der Waals surface area contributed by atoms with Crippen molar-refractivity contribution >= 4 is 51.5 Å². The molecule has 0 aliphatic carbocycles. The Hall–Kier alpha value is -2.54. The molecule has 1 heterocycles.